The predicted molar refractivity (Wildman–Crippen MR) is 117 cm³/mol. The van der Waals surface area contributed by atoms with Gasteiger partial charge in [-0.15, -0.1) is 0 Å². The highest BCUT2D eigenvalue weighted by Crippen LogP contribution is 2.40. The number of carbonyl (C=O) groups is 1. The summed E-state index contributed by atoms with van der Waals surface area (Å²) < 4.78 is 16.7. The van der Waals surface area contributed by atoms with Crippen molar-refractivity contribution in [1.29, 1.82) is 0 Å². The van der Waals surface area contributed by atoms with Crippen molar-refractivity contribution < 1.29 is 14.3 Å². The third-order valence-electron chi connectivity index (χ3n) is 4.58. The quantitative estimate of drug-likeness (QED) is 0.255. The van der Waals surface area contributed by atoms with E-state index in [0.29, 0.717) is 53.0 Å². The Morgan fingerprint density at radius 1 is 1.29 bits per heavy atom. The number of hydrogen-bond acceptors (Lipinski definition) is 6. The number of imidazole rings is 1. The van der Waals surface area contributed by atoms with E-state index in [1.807, 2.05) is 0 Å². The predicted octanol–water partition coefficient (Wildman–Crippen LogP) is 3.60. The second kappa shape index (κ2) is 9.27. The van der Waals surface area contributed by atoms with Crippen LogP contribution in [0.25, 0.3) is 27.8 Å². The lowest BCUT2D eigenvalue weighted by atomic mass is 10.1. The molecule has 0 bridgehead atoms. The van der Waals surface area contributed by atoms with Gasteiger partial charge in [0.15, 0.2) is 17.3 Å². The van der Waals surface area contributed by atoms with Crippen LogP contribution in [0, 0.1) is 5.82 Å². The molecule has 1 aromatic carbocycles. The van der Waals surface area contributed by atoms with Gasteiger partial charge in [0.1, 0.15) is 0 Å². The number of benzene rings is 1. The van der Waals surface area contributed by atoms with E-state index in [-0.39, 0.29) is 17.3 Å². The molecule has 4 N–H and O–H groups in total. The van der Waals surface area contributed by atoms with Crippen molar-refractivity contribution in [2.75, 3.05) is 23.8 Å². The zero-order valence-corrected chi connectivity index (χ0v) is 17.3. The Morgan fingerprint density at radius 2 is 2.10 bits per heavy atom. The summed E-state index contributed by atoms with van der Waals surface area (Å²) in [4.78, 5) is 19.1. The number of amides is 1. The number of rotatable bonds is 7. The van der Waals surface area contributed by atoms with Gasteiger partial charge >= 0.3 is 0 Å². The van der Waals surface area contributed by atoms with E-state index in [1.165, 1.54) is 25.5 Å². The highest BCUT2D eigenvalue weighted by Gasteiger charge is 2.22. The molecule has 3 aromatic heterocycles. The molecule has 1 fully saturated rings. The Hall–Kier alpha value is -3.24. The van der Waals surface area contributed by atoms with E-state index in [0.717, 1.165) is 0 Å². The molecular weight excluding hydrogens is 425 g/mol. The largest absolute Gasteiger partial charge is 0.396 e. The van der Waals surface area contributed by atoms with Gasteiger partial charge in [0, 0.05) is 30.3 Å². The molecule has 0 radical (unpaired) electrons. The number of H-pyrrole nitrogens is 1. The van der Waals surface area contributed by atoms with Crippen LogP contribution in [0.15, 0.2) is 24.8 Å². The van der Waals surface area contributed by atoms with Crippen molar-refractivity contribution in [3.8, 4) is 11.3 Å². The van der Waals surface area contributed by atoms with Crippen molar-refractivity contribution in [1.82, 2.24) is 24.6 Å². The van der Waals surface area contributed by atoms with Gasteiger partial charge in [0.2, 0.25) is 6.41 Å². The first kappa shape index (κ1) is 21.0. The maximum absolute atomic E-state index is 15.0. The lowest BCUT2D eigenvalue weighted by Crippen LogP contribution is -2.07. The maximum Gasteiger partial charge on any atom is 0.212 e. The minimum atomic E-state index is -0.637. The van der Waals surface area contributed by atoms with Gasteiger partial charge in [0.05, 0.1) is 40.5 Å². The fraction of sp³-hybridized carbons (Fsp3) is 0.300. The van der Waals surface area contributed by atoms with Crippen molar-refractivity contribution in [3.63, 3.8) is 0 Å². The van der Waals surface area contributed by atoms with Gasteiger partial charge < -0.3 is 20.1 Å². The van der Waals surface area contributed by atoms with E-state index >= 15 is 4.39 Å². The molecule has 0 saturated heterocycles. The van der Waals surface area contributed by atoms with E-state index in [1.54, 1.807) is 23.0 Å². The highest BCUT2D eigenvalue weighted by atomic mass is 35.5. The molecule has 11 heteroatoms. The second-order valence-corrected chi connectivity index (χ2v) is 7.41. The van der Waals surface area contributed by atoms with Crippen LogP contribution < -0.4 is 10.6 Å². The number of nitrogens with one attached hydrogen (secondary N) is 3. The molecule has 0 atom stereocenters. The first-order valence-electron chi connectivity index (χ1n) is 9.88. The van der Waals surface area contributed by atoms with E-state index in [4.69, 9.17) is 16.7 Å². The summed E-state index contributed by atoms with van der Waals surface area (Å²) in [6.07, 6.45) is 11.8. The number of aliphatic hydroxyl groups excluding tert-OH is 1. The minimum Gasteiger partial charge on any atom is -0.396 e. The second-order valence-electron chi connectivity index (χ2n) is 7.03. The maximum atomic E-state index is 15.0. The number of nitrogens with zero attached hydrogens (tertiary/aromatic N) is 4. The fourth-order valence-corrected chi connectivity index (χ4v) is 3.27. The summed E-state index contributed by atoms with van der Waals surface area (Å²) in [6.45, 7) is 0.366. The van der Waals surface area contributed by atoms with Crippen LogP contribution in [-0.2, 0) is 4.79 Å². The first-order valence-corrected chi connectivity index (χ1v) is 10.3. The van der Waals surface area contributed by atoms with Gasteiger partial charge in [-0.25, -0.2) is 9.37 Å². The molecule has 162 valence electrons. The number of halogens is 2. The van der Waals surface area contributed by atoms with Crippen LogP contribution in [0.1, 0.15) is 25.7 Å². The number of aliphatic hydroxyl groups is 1. The number of aromatic amines is 1. The fourth-order valence-electron chi connectivity index (χ4n) is 2.98. The van der Waals surface area contributed by atoms with Crippen LogP contribution >= 0.6 is 11.6 Å². The number of fused-ring (bicyclic) bond motifs is 2. The Kier molecular flexibility index (Phi) is 6.28. The summed E-state index contributed by atoms with van der Waals surface area (Å²) >= 11 is 6.36. The first-order chi connectivity index (χ1) is 15.1. The molecule has 31 heavy (non-hydrogen) atoms. The standard InChI is InChI=1S/C17H15ClFN7O2.C3H6/c18-14-13(10-6-26-7-11(22-8-28)24-12(26)5-21-10)9-4-23-25-16(9)17(15(14)19)20-2-1-3-27;1-2-3-1/h4-8,20,27H,1-3H2,(H,22,28)(H,23,25);1-3H2. The van der Waals surface area contributed by atoms with Crippen molar-refractivity contribution in [3.05, 3.63) is 35.6 Å². The van der Waals surface area contributed by atoms with E-state index in [9.17, 15) is 4.79 Å². The van der Waals surface area contributed by atoms with E-state index in [2.05, 4.69) is 30.8 Å². The van der Waals surface area contributed by atoms with Gasteiger partial charge in [-0.3, -0.25) is 14.9 Å². The van der Waals surface area contributed by atoms with Crippen LogP contribution in [0.2, 0.25) is 5.02 Å². The zero-order chi connectivity index (χ0) is 21.8. The number of hydrogen-bond donors (Lipinski definition) is 4. The van der Waals surface area contributed by atoms with Crippen molar-refractivity contribution in [2.45, 2.75) is 25.7 Å². The number of anilines is 2. The van der Waals surface area contributed by atoms with Crippen LogP contribution in [0.3, 0.4) is 0 Å². The highest BCUT2D eigenvalue weighted by molar-refractivity contribution is 6.35. The molecule has 4 aromatic rings. The topological polar surface area (TPSA) is 120 Å². The van der Waals surface area contributed by atoms with E-state index < -0.39 is 5.82 Å². The van der Waals surface area contributed by atoms with Gasteiger partial charge in [-0.05, 0) is 6.42 Å². The van der Waals surface area contributed by atoms with Gasteiger partial charge in [-0.2, -0.15) is 5.10 Å². The molecule has 0 spiro atoms. The summed E-state index contributed by atoms with van der Waals surface area (Å²) in [5.74, 6) is -0.273. The molecule has 1 amide bonds. The van der Waals surface area contributed by atoms with Gasteiger partial charge in [0.25, 0.3) is 0 Å². The smallest absolute Gasteiger partial charge is 0.212 e. The molecule has 1 aliphatic rings. The molecule has 1 saturated carbocycles. The third kappa shape index (κ3) is 4.44. The Labute approximate surface area is 181 Å². The molecular formula is C20H21ClFN7O2. The average Bonchev–Trinajstić information content (AvgIpc) is 3.48. The summed E-state index contributed by atoms with van der Waals surface area (Å²) in [7, 11) is 0. The number of aromatic nitrogens is 5. The third-order valence-corrected chi connectivity index (χ3v) is 4.94. The van der Waals surface area contributed by atoms with Crippen LogP contribution in [-0.4, -0.2) is 49.2 Å². The summed E-state index contributed by atoms with van der Waals surface area (Å²) in [5.41, 5.74) is 1.95. The monoisotopic (exact) mass is 445 g/mol. The molecule has 0 aliphatic heterocycles. The SMILES string of the molecule is C1CC1.O=CNc1cn2cc(-c3c(Cl)c(F)c(NCCCO)c4[nH]ncc34)ncc2n1. The summed E-state index contributed by atoms with van der Waals surface area (Å²) in [6, 6.07) is 0. The Bertz CT molecular complexity index is 1220. The Balaban J connectivity index is 0.000000710. The molecule has 0 unspecified atom stereocenters. The average molecular weight is 446 g/mol. The zero-order valence-electron chi connectivity index (χ0n) is 16.5. The molecule has 5 rings (SSSR count). The van der Waals surface area contributed by atoms with Crippen LogP contribution in [0.5, 0.6) is 0 Å². The molecule has 9 nitrogen and oxygen atoms in total. The van der Waals surface area contributed by atoms with Crippen LogP contribution in [0.4, 0.5) is 15.9 Å². The minimum absolute atomic E-state index is 0.0116. The van der Waals surface area contributed by atoms with Crippen molar-refractivity contribution in [2.24, 2.45) is 0 Å². The molecule has 1 aliphatic carbocycles. The summed E-state index contributed by atoms with van der Waals surface area (Å²) in [5, 5.41) is 21.6. The lowest BCUT2D eigenvalue weighted by molar-refractivity contribution is -0.105. The number of carbonyl (C=O) groups excluding carboxylic acids is 1. The normalized spacial score (nSPS) is 12.5. The Morgan fingerprint density at radius 3 is 2.81 bits per heavy atom. The van der Waals surface area contributed by atoms with Crippen molar-refractivity contribution >= 4 is 46.1 Å². The van der Waals surface area contributed by atoms with Gasteiger partial charge in [-0.1, -0.05) is 30.9 Å². The lowest BCUT2D eigenvalue weighted by Gasteiger charge is -2.13. The molecule has 3 heterocycles.